The quantitative estimate of drug-likeness (QED) is 0.458. The lowest BCUT2D eigenvalue weighted by molar-refractivity contribution is 0.0525. The second kappa shape index (κ2) is 6.99. The maximum Gasteiger partial charge on any atom is 0.340 e. The van der Waals surface area contributed by atoms with Gasteiger partial charge in [0.15, 0.2) is 5.78 Å². The van der Waals surface area contributed by atoms with Crippen molar-refractivity contribution in [3.63, 3.8) is 0 Å². The topological polar surface area (TPSA) is 103 Å². The number of H-pyrrole nitrogens is 1. The molecule has 2 aromatic heterocycles. The summed E-state index contributed by atoms with van der Waals surface area (Å²) >= 11 is 1.33. The number of nitrogens with zero attached hydrogens (tertiary/aromatic N) is 4. The Morgan fingerprint density at radius 1 is 1.40 bits per heavy atom. The maximum atomic E-state index is 12.9. The summed E-state index contributed by atoms with van der Waals surface area (Å²) in [4.78, 5) is 28.0. The Bertz CT molecular complexity index is 809. The predicted octanol–water partition coefficient (Wildman–Crippen LogP) is 2.49. The number of nitrogens with one attached hydrogen (secondary N) is 1. The Hall–Kier alpha value is -2.16. The second-order valence-electron chi connectivity index (χ2n) is 6.11. The number of hydrogen-bond donors (Lipinski definition) is 1. The lowest BCUT2D eigenvalue weighted by Gasteiger charge is -2.09. The van der Waals surface area contributed by atoms with Crippen molar-refractivity contribution in [1.82, 2.24) is 25.2 Å². The van der Waals surface area contributed by atoms with Crippen molar-refractivity contribution < 1.29 is 14.3 Å². The van der Waals surface area contributed by atoms with E-state index < -0.39 is 5.97 Å². The number of thioether (sulfide) groups is 1. The van der Waals surface area contributed by atoms with Crippen LogP contribution in [0.1, 0.15) is 64.8 Å². The van der Waals surface area contributed by atoms with Gasteiger partial charge in [-0.2, -0.15) is 0 Å². The Morgan fingerprint density at radius 2 is 2.12 bits per heavy atom. The molecule has 134 valence electrons. The molecule has 1 N–H and O–H groups in total. The van der Waals surface area contributed by atoms with Gasteiger partial charge >= 0.3 is 5.97 Å². The fourth-order valence-corrected chi connectivity index (χ4v) is 3.65. The molecular weight excluding hydrogens is 342 g/mol. The van der Waals surface area contributed by atoms with Gasteiger partial charge in [0.2, 0.25) is 5.16 Å². The Morgan fingerprint density at radius 3 is 2.76 bits per heavy atom. The zero-order valence-electron chi connectivity index (χ0n) is 14.7. The van der Waals surface area contributed by atoms with Crippen molar-refractivity contribution in [1.29, 1.82) is 0 Å². The van der Waals surface area contributed by atoms with Crippen LogP contribution < -0.4 is 0 Å². The zero-order chi connectivity index (χ0) is 18.1. The fourth-order valence-electron chi connectivity index (χ4n) is 2.73. The molecule has 2 aromatic rings. The molecule has 1 atom stereocenters. The number of Topliss-reactive ketones (excluding diaryl/α,β-unsaturated/α-hetero) is 1. The van der Waals surface area contributed by atoms with Gasteiger partial charge in [0, 0.05) is 5.69 Å². The van der Waals surface area contributed by atoms with E-state index in [1.54, 1.807) is 25.5 Å². The number of tetrazole rings is 1. The van der Waals surface area contributed by atoms with Crippen molar-refractivity contribution in [2.24, 2.45) is 0 Å². The number of aromatic nitrogens is 5. The van der Waals surface area contributed by atoms with Crippen LogP contribution in [0.4, 0.5) is 0 Å². The van der Waals surface area contributed by atoms with Gasteiger partial charge in [-0.15, -0.1) is 5.10 Å². The first-order valence-electron chi connectivity index (χ1n) is 8.29. The maximum absolute atomic E-state index is 12.9. The fraction of sp³-hybridized carbons (Fsp3) is 0.562. The smallest absolute Gasteiger partial charge is 0.340 e. The molecule has 1 saturated carbocycles. The summed E-state index contributed by atoms with van der Waals surface area (Å²) in [6, 6.07) is 0.352. The molecular formula is C16H21N5O3S. The van der Waals surface area contributed by atoms with E-state index >= 15 is 0 Å². The van der Waals surface area contributed by atoms with Gasteiger partial charge < -0.3 is 9.72 Å². The molecule has 0 aliphatic heterocycles. The lowest BCUT2D eigenvalue weighted by Crippen LogP contribution is -2.16. The first kappa shape index (κ1) is 17.7. The molecule has 0 amide bonds. The van der Waals surface area contributed by atoms with Crippen LogP contribution in [0, 0.1) is 13.8 Å². The molecule has 1 aliphatic carbocycles. The van der Waals surface area contributed by atoms with E-state index in [0.717, 1.165) is 12.8 Å². The van der Waals surface area contributed by atoms with Crippen LogP contribution in [-0.2, 0) is 4.74 Å². The number of aromatic amines is 1. The van der Waals surface area contributed by atoms with E-state index in [2.05, 4.69) is 20.5 Å². The minimum atomic E-state index is -0.411. The predicted molar refractivity (Wildman–Crippen MR) is 92.0 cm³/mol. The van der Waals surface area contributed by atoms with E-state index in [0.29, 0.717) is 40.3 Å². The Kier molecular flexibility index (Phi) is 4.94. The molecule has 8 nitrogen and oxygen atoms in total. The lowest BCUT2D eigenvalue weighted by atomic mass is 10.1. The minimum absolute atomic E-state index is 0.0912. The highest BCUT2D eigenvalue weighted by Crippen LogP contribution is 2.37. The number of hydrogen-bond acceptors (Lipinski definition) is 7. The molecule has 0 saturated heterocycles. The highest BCUT2D eigenvalue weighted by molar-refractivity contribution is 8.00. The molecule has 1 fully saturated rings. The Balaban J connectivity index is 1.79. The van der Waals surface area contributed by atoms with Gasteiger partial charge in [-0.3, -0.25) is 4.79 Å². The molecule has 0 aromatic carbocycles. The van der Waals surface area contributed by atoms with E-state index in [-0.39, 0.29) is 11.0 Å². The van der Waals surface area contributed by atoms with Crippen molar-refractivity contribution in [3.8, 4) is 0 Å². The SMILES string of the molecule is CCOC(=O)c1c(C)[nH]c(C(=O)[C@@H](C)Sc2nnnn2C2CC2)c1C. The number of aryl methyl sites for hydroxylation is 1. The van der Waals surface area contributed by atoms with Gasteiger partial charge in [0.1, 0.15) is 0 Å². The molecule has 0 radical (unpaired) electrons. The van der Waals surface area contributed by atoms with Crippen LogP contribution in [0.25, 0.3) is 0 Å². The standard InChI is InChI=1S/C16H21N5O3S/c1-5-24-15(23)12-8(2)13(17-9(12)3)14(22)10(4)25-16-18-19-20-21(16)11-6-7-11/h10-11,17H,5-7H2,1-4H3/t10-/m1/s1. The normalized spacial score (nSPS) is 15.2. The van der Waals surface area contributed by atoms with Crippen molar-refractivity contribution in [2.75, 3.05) is 6.61 Å². The summed E-state index contributed by atoms with van der Waals surface area (Å²) < 4.78 is 6.86. The summed E-state index contributed by atoms with van der Waals surface area (Å²) in [5.41, 5.74) is 2.13. The summed E-state index contributed by atoms with van der Waals surface area (Å²) in [7, 11) is 0. The van der Waals surface area contributed by atoms with Crippen LogP contribution in [0.5, 0.6) is 0 Å². The highest BCUT2D eigenvalue weighted by Gasteiger charge is 2.31. The first-order valence-corrected chi connectivity index (χ1v) is 9.17. The van der Waals surface area contributed by atoms with E-state index in [1.807, 2.05) is 6.92 Å². The molecule has 0 unspecified atom stereocenters. The van der Waals surface area contributed by atoms with E-state index in [4.69, 9.17) is 4.74 Å². The van der Waals surface area contributed by atoms with Crippen LogP contribution in [0.2, 0.25) is 0 Å². The minimum Gasteiger partial charge on any atom is -0.462 e. The third-order valence-corrected chi connectivity index (χ3v) is 5.22. The molecule has 1 aliphatic rings. The number of esters is 1. The highest BCUT2D eigenvalue weighted by atomic mass is 32.2. The number of carbonyl (C=O) groups is 2. The average Bonchev–Trinajstić information content (AvgIpc) is 3.23. The summed E-state index contributed by atoms with van der Waals surface area (Å²) in [6.45, 7) is 7.39. The van der Waals surface area contributed by atoms with E-state index in [1.165, 1.54) is 11.8 Å². The monoisotopic (exact) mass is 363 g/mol. The average molecular weight is 363 g/mol. The van der Waals surface area contributed by atoms with Crippen molar-refractivity contribution in [3.05, 3.63) is 22.5 Å². The van der Waals surface area contributed by atoms with Crippen LogP contribution >= 0.6 is 11.8 Å². The van der Waals surface area contributed by atoms with Gasteiger partial charge in [-0.1, -0.05) is 11.8 Å². The van der Waals surface area contributed by atoms with Crippen LogP contribution in [0.3, 0.4) is 0 Å². The molecule has 2 heterocycles. The molecule has 25 heavy (non-hydrogen) atoms. The molecule has 3 rings (SSSR count). The first-order chi connectivity index (χ1) is 11.9. The summed E-state index contributed by atoms with van der Waals surface area (Å²) in [6.07, 6.45) is 2.14. The van der Waals surface area contributed by atoms with Crippen molar-refractivity contribution in [2.45, 2.75) is 57.0 Å². The summed E-state index contributed by atoms with van der Waals surface area (Å²) in [5.74, 6) is -0.503. The number of rotatable bonds is 7. The third kappa shape index (κ3) is 3.46. The van der Waals surface area contributed by atoms with Gasteiger partial charge in [0.25, 0.3) is 0 Å². The number of ether oxygens (including phenoxy) is 1. The Labute approximate surface area is 149 Å². The summed E-state index contributed by atoms with van der Waals surface area (Å²) in [5, 5.41) is 12.0. The van der Waals surface area contributed by atoms with Crippen LogP contribution in [0.15, 0.2) is 5.16 Å². The third-order valence-electron chi connectivity index (χ3n) is 4.17. The van der Waals surface area contributed by atoms with Crippen LogP contribution in [-0.4, -0.2) is 48.8 Å². The van der Waals surface area contributed by atoms with Crippen molar-refractivity contribution >= 4 is 23.5 Å². The van der Waals surface area contributed by atoms with Gasteiger partial charge in [-0.05, 0) is 56.5 Å². The van der Waals surface area contributed by atoms with Gasteiger partial charge in [-0.25, -0.2) is 9.48 Å². The molecule has 0 bridgehead atoms. The molecule has 0 spiro atoms. The van der Waals surface area contributed by atoms with E-state index in [9.17, 15) is 9.59 Å². The molecule has 9 heteroatoms. The second-order valence-corrected chi connectivity index (χ2v) is 7.41. The number of ketones is 1. The largest absolute Gasteiger partial charge is 0.462 e. The number of carbonyl (C=O) groups excluding carboxylic acids is 2. The zero-order valence-corrected chi connectivity index (χ0v) is 15.5. The van der Waals surface area contributed by atoms with Gasteiger partial charge in [0.05, 0.1) is 29.2 Å².